The molecule has 0 aromatic heterocycles. The predicted molar refractivity (Wildman–Crippen MR) is 177 cm³/mol. The third kappa shape index (κ3) is 15.0. The summed E-state index contributed by atoms with van der Waals surface area (Å²) in [5.74, 6) is -0.602. The van der Waals surface area contributed by atoms with Crippen molar-refractivity contribution in [3.63, 3.8) is 0 Å². The van der Waals surface area contributed by atoms with Crippen molar-refractivity contribution in [3.8, 4) is 0 Å². The van der Waals surface area contributed by atoms with Gasteiger partial charge in [0.1, 0.15) is 29.9 Å². The Kier molecular flexibility index (Phi) is 19.2. The van der Waals surface area contributed by atoms with Crippen molar-refractivity contribution in [2.45, 2.75) is 118 Å². The summed E-state index contributed by atoms with van der Waals surface area (Å²) in [6.07, 6.45) is -1.11. The molecule has 8 nitrogen and oxygen atoms in total. The van der Waals surface area contributed by atoms with Gasteiger partial charge in [0, 0.05) is 11.8 Å². The van der Waals surface area contributed by atoms with Crippen molar-refractivity contribution in [3.05, 3.63) is 70.8 Å². The number of halogens is 2. The van der Waals surface area contributed by atoms with E-state index in [-0.39, 0.29) is 54.8 Å². The van der Waals surface area contributed by atoms with Crippen LogP contribution in [0.3, 0.4) is 0 Å². The number of alkyl carbamates (subject to hydrolysis) is 1. The highest BCUT2D eigenvalue weighted by Gasteiger charge is 2.26. The van der Waals surface area contributed by atoms with E-state index < -0.39 is 29.7 Å². The number of carbonyl (C=O) groups is 3. The molecule has 6 atom stereocenters. The van der Waals surface area contributed by atoms with Gasteiger partial charge in [0.05, 0.1) is 0 Å². The summed E-state index contributed by atoms with van der Waals surface area (Å²) in [4.78, 5) is 35.3. The van der Waals surface area contributed by atoms with Crippen LogP contribution in [0.15, 0.2) is 48.5 Å². The third-order valence-corrected chi connectivity index (χ3v) is 6.83. The van der Waals surface area contributed by atoms with Gasteiger partial charge in [-0.2, -0.15) is 0 Å². The van der Waals surface area contributed by atoms with Gasteiger partial charge in [0.2, 0.25) is 0 Å². The smallest absolute Gasteiger partial charge is 0.408 e. The molecule has 0 unspecified atom stereocenters. The summed E-state index contributed by atoms with van der Waals surface area (Å²) in [5.41, 5.74) is 9.59. The molecule has 0 saturated carbocycles. The Bertz CT molecular complexity index is 1150. The monoisotopic (exact) mass is 642 g/mol. The number of nitrogens with one attached hydrogen (secondary N) is 1. The zero-order chi connectivity index (χ0) is 31.5. The summed E-state index contributed by atoms with van der Waals surface area (Å²) in [7, 11) is 0. The number of aryl methyl sites for hydroxylation is 2. The highest BCUT2D eigenvalue weighted by atomic mass is 35.5. The number of esters is 2. The predicted octanol–water partition coefficient (Wildman–Crippen LogP) is 7.16. The van der Waals surface area contributed by atoms with Gasteiger partial charge in [-0.1, -0.05) is 62.4 Å². The molecule has 0 aliphatic heterocycles. The topological polar surface area (TPSA) is 117 Å². The van der Waals surface area contributed by atoms with Crippen molar-refractivity contribution in [1.29, 1.82) is 0 Å². The van der Waals surface area contributed by atoms with Crippen LogP contribution >= 0.6 is 24.8 Å². The van der Waals surface area contributed by atoms with Gasteiger partial charge in [-0.25, -0.2) is 9.59 Å². The summed E-state index contributed by atoms with van der Waals surface area (Å²) < 4.78 is 16.0. The molecule has 0 aliphatic rings. The van der Waals surface area contributed by atoms with E-state index in [1.165, 1.54) is 11.1 Å². The molecule has 0 fully saturated rings. The molecule has 2 rings (SSSR count). The van der Waals surface area contributed by atoms with Crippen LogP contribution in [0, 0.1) is 13.8 Å². The fourth-order valence-electron chi connectivity index (χ4n) is 4.02. The average molecular weight is 644 g/mol. The van der Waals surface area contributed by atoms with Crippen LogP contribution in [0.1, 0.15) is 96.4 Å². The lowest BCUT2D eigenvalue weighted by atomic mass is 9.92. The largest absolute Gasteiger partial charge is 0.461 e. The molecule has 0 bridgehead atoms. The van der Waals surface area contributed by atoms with Crippen LogP contribution in [-0.2, 0) is 23.8 Å². The minimum Gasteiger partial charge on any atom is -0.461 e. The summed E-state index contributed by atoms with van der Waals surface area (Å²) >= 11 is 0. The highest BCUT2D eigenvalue weighted by Crippen LogP contribution is 2.25. The second-order valence-electron chi connectivity index (χ2n) is 11.7. The maximum atomic E-state index is 12.2. The molecule has 0 aliphatic carbocycles. The van der Waals surface area contributed by atoms with E-state index in [0.29, 0.717) is 0 Å². The minimum atomic E-state index is -0.772. The van der Waals surface area contributed by atoms with Gasteiger partial charge in [0.15, 0.2) is 0 Å². The minimum absolute atomic E-state index is 0. The van der Waals surface area contributed by atoms with Gasteiger partial charge >= 0.3 is 18.0 Å². The second kappa shape index (κ2) is 19.5. The Balaban J connectivity index is 0. The number of ether oxygens (including phenoxy) is 3. The fraction of sp³-hybridized carbons (Fsp3) is 0.545. The molecule has 10 heteroatoms. The summed E-state index contributed by atoms with van der Waals surface area (Å²) in [6.45, 7) is 20.4. The fourth-order valence-corrected chi connectivity index (χ4v) is 4.02. The van der Waals surface area contributed by atoms with Gasteiger partial charge in [-0.15, -0.1) is 24.8 Å². The first-order valence-corrected chi connectivity index (χ1v) is 14.2. The van der Waals surface area contributed by atoms with Crippen LogP contribution in [0.25, 0.3) is 0 Å². The number of benzene rings is 2. The van der Waals surface area contributed by atoms with Crippen molar-refractivity contribution in [1.82, 2.24) is 5.32 Å². The van der Waals surface area contributed by atoms with Crippen molar-refractivity contribution < 1.29 is 28.6 Å². The number of hydrogen-bond acceptors (Lipinski definition) is 7. The number of rotatable bonds is 9. The lowest BCUT2D eigenvalue weighted by Gasteiger charge is -2.25. The highest BCUT2D eigenvalue weighted by molar-refractivity contribution is 5.85. The third-order valence-electron chi connectivity index (χ3n) is 6.83. The van der Waals surface area contributed by atoms with Crippen molar-refractivity contribution >= 4 is 42.8 Å². The normalized spacial score (nSPS) is 14.8. The van der Waals surface area contributed by atoms with E-state index in [4.69, 9.17) is 19.9 Å². The van der Waals surface area contributed by atoms with Gasteiger partial charge in [-0.3, -0.25) is 4.79 Å². The standard InChI is InChI=1S/C19H29NO4.C14H21NO2.2ClH/c1-12-10-8-9-11-16(12)13(2)15(4)23-17(21)14(3)20-18(22)24-19(5,6)7;1-9-7-5-6-8-13(9)10(2)12(4)17-14(16)11(3)15;;/h8-11,13-15H,1-7H3,(H,20,22);5-8,10-12H,15H2,1-4H3;2*1H/t13-,14+,15+;10-,11+,12+;;/m11../s1. The number of carbonyl (C=O) groups excluding carboxylic acids is 3. The maximum absolute atomic E-state index is 12.2. The zero-order valence-corrected chi connectivity index (χ0v) is 29.1. The Morgan fingerprint density at radius 2 is 1.07 bits per heavy atom. The van der Waals surface area contributed by atoms with Gasteiger partial charge < -0.3 is 25.3 Å². The van der Waals surface area contributed by atoms with E-state index in [1.54, 1.807) is 34.6 Å². The van der Waals surface area contributed by atoms with E-state index in [0.717, 1.165) is 11.1 Å². The number of nitrogens with two attached hydrogens (primary N) is 1. The molecule has 3 N–H and O–H groups in total. The van der Waals surface area contributed by atoms with E-state index >= 15 is 0 Å². The molecule has 0 radical (unpaired) electrons. The maximum Gasteiger partial charge on any atom is 0.408 e. The van der Waals surface area contributed by atoms with E-state index in [9.17, 15) is 14.4 Å². The molecular formula is C33H52Cl2N2O6. The first kappa shape index (κ1) is 42.3. The molecule has 0 saturated heterocycles. The van der Waals surface area contributed by atoms with Crippen molar-refractivity contribution in [2.75, 3.05) is 0 Å². The number of hydrogen-bond donors (Lipinski definition) is 2. The van der Waals surface area contributed by atoms with E-state index in [2.05, 4.69) is 31.3 Å². The summed E-state index contributed by atoms with van der Waals surface area (Å²) in [5, 5.41) is 2.50. The SMILES string of the molecule is Cc1ccccc1[C@H](C)[C@H](C)OC(=O)[C@H](C)N.Cc1ccccc1[C@H](C)[C@H](C)OC(=O)[C@H](C)NC(=O)OC(C)(C)C.Cl.Cl. The van der Waals surface area contributed by atoms with Crippen LogP contribution < -0.4 is 11.1 Å². The van der Waals surface area contributed by atoms with Crippen LogP contribution in [0.2, 0.25) is 0 Å². The second-order valence-corrected chi connectivity index (χ2v) is 11.7. The molecule has 1 amide bonds. The van der Waals surface area contributed by atoms with Gasteiger partial charge in [-0.05, 0) is 84.6 Å². The molecule has 43 heavy (non-hydrogen) atoms. The molecule has 2 aromatic rings. The van der Waals surface area contributed by atoms with E-state index in [1.807, 2.05) is 64.1 Å². The Hall–Kier alpha value is -2.81. The number of amides is 1. The Morgan fingerprint density at radius 3 is 1.42 bits per heavy atom. The first-order chi connectivity index (χ1) is 18.9. The zero-order valence-electron chi connectivity index (χ0n) is 27.4. The molecule has 0 heterocycles. The summed E-state index contributed by atoms with van der Waals surface area (Å²) in [6, 6.07) is 14.8. The van der Waals surface area contributed by atoms with Crippen molar-refractivity contribution in [2.24, 2.45) is 5.73 Å². The van der Waals surface area contributed by atoms with Gasteiger partial charge in [0.25, 0.3) is 0 Å². The average Bonchev–Trinajstić information content (AvgIpc) is 2.87. The molecule has 244 valence electrons. The first-order valence-electron chi connectivity index (χ1n) is 14.2. The Morgan fingerprint density at radius 1 is 0.698 bits per heavy atom. The lowest BCUT2D eigenvalue weighted by Crippen LogP contribution is -2.43. The van der Waals surface area contributed by atoms with Crippen LogP contribution in [0.4, 0.5) is 4.79 Å². The Labute approximate surface area is 270 Å². The van der Waals surface area contributed by atoms with Crippen LogP contribution in [0.5, 0.6) is 0 Å². The molecule has 2 aromatic carbocycles. The molecule has 0 spiro atoms. The quantitative estimate of drug-likeness (QED) is 0.220. The van der Waals surface area contributed by atoms with Crippen LogP contribution in [-0.4, -0.2) is 47.9 Å². The lowest BCUT2D eigenvalue weighted by molar-refractivity contribution is -0.151. The molecular weight excluding hydrogens is 591 g/mol.